The Labute approximate surface area is 128 Å². The van der Waals surface area contributed by atoms with Gasteiger partial charge in [-0.25, -0.2) is 12.8 Å². The molecule has 0 spiro atoms. The Bertz CT molecular complexity index is 806. The molecule has 0 fully saturated rings. The van der Waals surface area contributed by atoms with E-state index in [1.165, 1.54) is 12.1 Å². The third-order valence-electron chi connectivity index (χ3n) is 2.67. The van der Waals surface area contributed by atoms with E-state index in [1.807, 2.05) is 4.72 Å². The van der Waals surface area contributed by atoms with Gasteiger partial charge in [0.1, 0.15) is 10.7 Å². The fourth-order valence-corrected chi connectivity index (χ4v) is 3.08. The Morgan fingerprint density at radius 3 is 2.23 bits per heavy atom. The molecule has 0 aliphatic heterocycles. The van der Waals surface area contributed by atoms with E-state index < -0.39 is 37.5 Å². The van der Waals surface area contributed by atoms with Gasteiger partial charge in [0.15, 0.2) is 0 Å². The van der Waals surface area contributed by atoms with Crippen molar-refractivity contribution < 1.29 is 26.0 Å². The van der Waals surface area contributed by atoms with Gasteiger partial charge in [-0.1, -0.05) is 23.7 Å². The summed E-state index contributed by atoms with van der Waals surface area (Å²) >= 11 is 5.65. The monoisotopic (exact) mass is 353 g/mol. The van der Waals surface area contributed by atoms with Crippen LogP contribution in [0.2, 0.25) is 5.02 Å². The standard InChI is InChI=1S/C13H8ClF4NO2S/c14-9-7-8(13(16,17)18)5-6-11(9)19-22(20,21)12-4-2-1-3-10(12)15/h1-7,19H. The molecule has 0 aliphatic rings. The van der Waals surface area contributed by atoms with Crippen molar-refractivity contribution in [1.29, 1.82) is 0 Å². The van der Waals surface area contributed by atoms with E-state index >= 15 is 0 Å². The highest BCUT2D eigenvalue weighted by atomic mass is 35.5. The second kappa shape index (κ2) is 5.77. The molecule has 1 N–H and O–H groups in total. The molecule has 0 amide bonds. The van der Waals surface area contributed by atoms with Crippen LogP contribution in [0.3, 0.4) is 0 Å². The third-order valence-corrected chi connectivity index (χ3v) is 4.38. The molecule has 0 radical (unpaired) electrons. The minimum absolute atomic E-state index is 0.280. The van der Waals surface area contributed by atoms with Gasteiger partial charge in [0.25, 0.3) is 10.0 Å². The molecule has 0 heterocycles. The fraction of sp³-hybridized carbons (Fsp3) is 0.0769. The minimum Gasteiger partial charge on any atom is -0.278 e. The molecular weight excluding hydrogens is 346 g/mol. The number of hydrogen-bond acceptors (Lipinski definition) is 2. The Morgan fingerprint density at radius 2 is 1.68 bits per heavy atom. The smallest absolute Gasteiger partial charge is 0.278 e. The quantitative estimate of drug-likeness (QED) is 0.836. The number of nitrogens with one attached hydrogen (secondary N) is 1. The second-order valence-electron chi connectivity index (χ2n) is 4.23. The van der Waals surface area contributed by atoms with E-state index in [0.29, 0.717) is 12.1 Å². The highest BCUT2D eigenvalue weighted by Crippen LogP contribution is 2.34. The molecule has 2 rings (SSSR count). The molecule has 2 aromatic carbocycles. The summed E-state index contributed by atoms with van der Waals surface area (Å²) in [6.07, 6.45) is -4.60. The lowest BCUT2D eigenvalue weighted by molar-refractivity contribution is -0.137. The summed E-state index contributed by atoms with van der Waals surface area (Å²) in [4.78, 5) is -0.633. The zero-order chi connectivity index (χ0) is 16.5. The maximum Gasteiger partial charge on any atom is 0.416 e. The molecule has 22 heavy (non-hydrogen) atoms. The van der Waals surface area contributed by atoms with E-state index in [0.717, 1.165) is 18.2 Å². The lowest BCUT2D eigenvalue weighted by atomic mass is 10.2. The van der Waals surface area contributed by atoms with Gasteiger partial charge in [0, 0.05) is 0 Å². The van der Waals surface area contributed by atoms with Crippen molar-refractivity contribution in [3.63, 3.8) is 0 Å². The SMILES string of the molecule is O=S(=O)(Nc1ccc(C(F)(F)F)cc1Cl)c1ccccc1F. The Hall–Kier alpha value is -1.80. The number of alkyl halides is 3. The van der Waals surface area contributed by atoms with E-state index in [1.54, 1.807) is 0 Å². The van der Waals surface area contributed by atoms with Crippen LogP contribution in [0.25, 0.3) is 0 Å². The van der Waals surface area contributed by atoms with Gasteiger partial charge < -0.3 is 0 Å². The Balaban J connectivity index is 2.37. The average Bonchev–Trinajstić information content (AvgIpc) is 2.40. The first-order valence-electron chi connectivity index (χ1n) is 5.75. The van der Waals surface area contributed by atoms with Gasteiger partial charge >= 0.3 is 6.18 Å². The van der Waals surface area contributed by atoms with E-state index in [-0.39, 0.29) is 5.69 Å². The van der Waals surface area contributed by atoms with Gasteiger partial charge in [-0.3, -0.25) is 4.72 Å². The molecule has 0 unspecified atom stereocenters. The summed E-state index contributed by atoms with van der Waals surface area (Å²) in [5, 5.41) is -0.449. The van der Waals surface area contributed by atoms with Gasteiger partial charge in [-0.05, 0) is 30.3 Å². The van der Waals surface area contributed by atoms with Crippen molar-refractivity contribution in [2.24, 2.45) is 0 Å². The van der Waals surface area contributed by atoms with Crippen molar-refractivity contribution in [2.75, 3.05) is 4.72 Å². The lowest BCUT2D eigenvalue weighted by Gasteiger charge is -2.12. The molecular formula is C13H8ClF4NO2S. The van der Waals surface area contributed by atoms with Crippen LogP contribution in [0.5, 0.6) is 0 Å². The van der Waals surface area contributed by atoms with Gasteiger partial charge in [-0.15, -0.1) is 0 Å². The van der Waals surface area contributed by atoms with Gasteiger partial charge in [0.2, 0.25) is 0 Å². The first-order valence-corrected chi connectivity index (χ1v) is 7.61. The molecule has 118 valence electrons. The normalized spacial score (nSPS) is 12.2. The number of anilines is 1. The lowest BCUT2D eigenvalue weighted by Crippen LogP contribution is -2.15. The van der Waals surface area contributed by atoms with Crippen molar-refractivity contribution in [1.82, 2.24) is 0 Å². The van der Waals surface area contributed by atoms with Crippen LogP contribution in [-0.2, 0) is 16.2 Å². The van der Waals surface area contributed by atoms with E-state index in [9.17, 15) is 26.0 Å². The molecule has 0 saturated heterocycles. The number of hydrogen-bond donors (Lipinski definition) is 1. The molecule has 9 heteroatoms. The summed E-state index contributed by atoms with van der Waals surface area (Å²) < 4.78 is 77.0. The van der Waals surface area contributed by atoms with Crippen LogP contribution in [-0.4, -0.2) is 8.42 Å². The summed E-state index contributed by atoms with van der Waals surface area (Å²) in [6.45, 7) is 0. The zero-order valence-electron chi connectivity index (χ0n) is 10.7. The second-order valence-corrected chi connectivity index (χ2v) is 6.29. The maximum absolute atomic E-state index is 13.5. The maximum atomic E-state index is 13.5. The molecule has 0 aromatic heterocycles. The topological polar surface area (TPSA) is 46.2 Å². The van der Waals surface area contributed by atoms with Crippen LogP contribution in [0.4, 0.5) is 23.2 Å². The largest absolute Gasteiger partial charge is 0.416 e. The summed E-state index contributed by atoms with van der Waals surface area (Å²) in [6, 6.07) is 6.71. The average molecular weight is 354 g/mol. The Morgan fingerprint density at radius 1 is 1.05 bits per heavy atom. The van der Waals surface area contributed by atoms with Crippen LogP contribution >= 0.6 is 11.6 Å². The molecule has 0 bridgehead atoms. The molecule has 2 aromatic rings. The van der Waals surface area contributed by atoms with Crippen LogP contribution in [0.15, 0.2) is 47.4 Å². The van der Waals surface area contributed by atoms with Crippen LogP contribution in [0.1, 0.15) is 5.56 Å². The molecule has 3 nitrogen and oxygen atoms in total. The summed E-state index contributed by atoms with van der Waals surface area (Å²) in [7, 11) is -4.31. The van der Waals surface area contributed by atoms with E-state index in [2.05, 4.69) is 0 Å². The van der Waals surface area contributed by atoms with Crippen LogP contribution < -0.4 is 4.72 Å². The number of sulfonamides is 1. The zero-order valence-corrected chi connectivity index (χ0v) is 12.2. The third kappa shape index (κ3) is 3.50. The van der Waals surface area contributed by atoms with E-state index in [4.69, 9.17) is 11.6 Å². The van der Waals surface area contributed by atoms with Gasteiger partial charge in [-0.2, -0.15) is 13.2 Å². The number of benzene rings is 2. The summed E-state index contributed by atoms with van der Waals surface area (Å²) in [5.74, 6) is -0.988. The van der Waals surface area contributed by atoms with Crippen molar-refractivity contribution in [3.8, 4) is 0 Å². The predicted molar refractivity (Wildman–Crippen MR) is 73.7 cm³/mol. The first-order chi connectivity index (χ1) is 10.1. The Kier molecular flexibility index (Phi) is 4.35. The van der Waals surface area contributed by atoms with Gasteiger partial charge in [0.05, 0.1) is 16.3 Å². The fourth-order valence-electron chi connectivity index (χ4n) is 1.64. The highest BCUT2D eigenvalue weighted by molar-refractivity contribution is 7.92. The first kappa shape index (κ1) is 16.6. The molecule has 0 aliphatic carbocycles. The van der Waals surface area contributed by atoms with Crippen molar-refractivity contribution >= 4 is 27.3 Å². The number of rotatable bonds is 3. The van der Waals surface area contributed by atoms with Crippen molar-refractivity contribution in [2.45, 2.75) is 11.1 Å². The van der Waals surface area contributed by atoms with Crippen molar-refractivity contribution in [3.05, 3.63) is 58.9 Å². The summed E-state index contributed by atoms with van der Waals surface area (Å²) in [5.41, 5.74) is -1.30. The minimum atomic E-state index is -4.60. The van der Waals surface area contributed by atoms with Crippen LogP contribution in [0, 0.1) is 5.82 Å². The molecule has 0 saturated carbocycles. The molecule has 0 atom stereocenters. The highest BCUT2D eigenvalue weighted by Gasteiger charge is 2.31. The predicted octanol–water partition coefficient (Wildman–Crippen LogP) is 4.30. The number of halogens is 5.